The monoisotopic (exact) mass is 229 g/mol. The van der Waals surface area contributed by atoms with Gasteiger partial charge in [0.1, 0.15) is 0 Å². The number of hydrogen-bond acceptors (Lipinski definition) is 3. The molecule has 3 atom stereocenters. The molecule has 16 heavy (non-hydrogen) atoms. The van der Waals surface area contributed by atoms with Crippen molar-refractivity contribution in [3.63, 3.8) is 0 Å². The Labute approximate surface area is 97.4 Å². The second kappa shape index (κ2) is 6.86. The minimum absolute atomic E-state index is 0.0273. The molecule has 1 aliphatic rings. The van der Waals surface area contributed by atoms with Crippen LogP contribution in [0.25, 0.3) is 0 Å². The van der Waals surface area contributed by atoms with Crippen LogP contribution in [0.1, 0.15) is 39.5 Å². The molecule has 0 aromatic heterocycles. The quantitative estimate of drug-likeness (QED) is 0.716. The van der Waals surface area contributed by atoms with Crippen LogP contribution in [0, 0.1) is 5.92 Å². The van der Waals surface area contributed by atoms with Crippen LogP contribution in [0.3, 0.4) is 0 Å². The van der Waals surface area contributed by atoms with Crippen LogP contribution >= 0.6 is 0 Å². The van der Waals surface area contributed by atoms with Crippen molar-refractivity contribution in [2.24, 2.45) is 5.92 Å². The molecule has 2 N–H and O–H groups in total. The van der Waals surface area contributed by atoms with Gasteiger partial charge in [-0.2, -0.15) is 0 Å². The van der Waals surface area contributed by atoms with Crippen molar-refractivity contribution in [3.05, 3.63) is 0 Å². The molecule has 0 aromatic carbocycles. The predicted octanol–water partition coefficient (Wildman–Crippen LogP) is 1.08. The number of amides is 1. The van der Waals surface area contributed by atoms with E-state index in [4.69, 9.17) is 4.74 Å². The molecule has 4 heteroatoms. The van der Waals surface area contributed by atoms with Gasteiger partial charge in [-0.25, -0.2) is 0 Å². The minimum Gasteiger partial charge on any atom is -0.391 e. The molecule has 1 aliphatic heterocycles. The lowest BCUT2D eigenvalue weighted by Crippen LogP contribution is -2.39. The highest BCUT2D eigenvalue weighted by Gasteiger charge is 2.32. The lowest BCUT2D eigenvalue weighted by Gasteiger charge is -2.17. The van der Waals surface area contributed by atoms with Crippen LogP contribution < -0.4 is 5.32 Å². The fourth-order valence-electron chi connectivity index (χ4n) is 2.14. The van der Waals surface area contributed by atoms with Crippen molar-refractivity contribution in [1.29, 1.82) is 0 Å². The molecular weight excluding hydrogens is 206 g/mol. The number of ether oxygens (including phenoxy) is 1. The third-order valence-electron chi connectivity index (χ3n) is 3.08. The summed E-state index contributed by atoms with van der Waals surface area (Å²) in [6.07, 6.45) is 2.98. The van der Waals surface area contributed by atoms with Crippen molar-refractivity contribution in [2.45, 2.75) is 51.7 Å². The first kappa shape index (κ1) is 13.5. The van der Waals surface area contributed by atoms with Gasteiger partial charge in [0.25, 0.3) is 0 Å². The van der Waals surface area contributed by atoms with Gasteiger partial charge in [0.2, 0.25) is 5.91 Å². The molecule has 1 saturated heterocycles. The zero-order chi connectivity index (χ0) is 12.0. The number of aliphatic hydroxyl groups is 1. The smallest absolute Gasteiger partial charge is 0.225 e. The SMILES string of the molecule is CCCC(O)CNC(=O)C1CCOC1CC. The topological polar surface area (TPSA) is 58.6 Å². The summed E-state index contributed by atoms with van der Waals surface area (Å²) in [5.74, 6) is -0.00155. The molecule has 0 aromatic rings. The molecule has 1 amide bonds. The summed E-state index contributed by atoms with van der Waals surface area (Å²) >= 11 is 0. The number of nitrogens with one attached hydrogen (secondary N) is 1. The van der Waals surface area contributed by atoms with Gasteiger partial charge >= 0.3 is 0 Å². The summed E-state index contributed by atoms with van der Waals surface area (Å²) in [4.78, 5) is 11.8. The summed E-state index contributed by atoms with van der Waals surface area (Å²) in [5, 5.41) is 12.3. The summed E-state index contributed by atoms with van der Waals surface area (Å²) in [6, 6.07) is 0. The molecule has 1 rings (SSSR count). The highest BCUT2D eigenvalue weighted by molar-refractivity contribution is 5.79. The Morgan fingerprint density at radius 2 is 2.31 bits per heavy atom. The standard InChI is InChI=1S/C12H23NO3/c1-3-5-9(14)8-13-12(15)10-6-7-16-11(10)4-2/h9-11,14H,3-8H2,1-2H3,(H,13,15). The number of carbonyl (C=O) groups is 1. The Hall–Kier alpha value is -0.610. The van der Waals surface area contributed by atoms with Crippen molar-refractivity contribution in [3.8, 4) is 0 Å². The average molecular weight is 229 g/mol. The second-order valence-corrected chi connectivity index (χ2v) is 4.40. The zero-order valence-corrected chi connectivity index (χ0v) is 10.2. The molecular formula is C12H23NO3. The van der Waals surface area contributed by atoms with Gasteiger partial charge in [-0.15, -0.1) is 0 Å². The van der Waals surface area contributed by atoms with Crippen molar-refractivity contribution >= 4 is 5.91 Å². The fourth-order valence-corrected chi connectivity index (χ4v) is 2.14. The molecule has 0 saturated carbocycles. The van der Waals surface area contributed by atoms with E-state index in [0.29, 0.717) is 13.2 Å². The maximum atomic E-state index is 11.8. The van der Waals surface area contributed by atoms with Gasteiger partial charge in [0, 0.05) is 13.2 Å². The van der Waals surface area contributed by atoms with E-state index in [-0.39, 0.29) is 17.9 Å². The van der Waals surface area contributed by atoms with Gasteiger partial charge in [-0.05, 0) is 19.3 Å². The maximum Gasteiger partial charge on any atom is 0.225 e. The third-order valence-corrected chi connectivity index (χ3v) is 3.08. The lowest BCUT2D eigenvalue weighted by molar-refractivity contribution is -0.127. The van der Waals surface area contributed by atoms with Gasteiger partial charge in [-0.3, -0.25) is 4.79 Å². The first-order valence-electron chi connectivity index (χ1n) is 6.26. The second-order valence-electron chi connectivity index (χ2n) is 4.40. The summed E-state index contributed by atoms with van der Waals surface area (Å²) in [7, 11) is 0. The van der Waals surface area contributed by atoms with Gasteiger partial charge in [0.15, 0.2) is 0 Å². The normalized spacial score (nSPS) is 26.7. The molecule has 3 unspecified atom stereocenters. The summed E-state index contributed by atoms with van der Waals surface area (Å²) in [6.45, 7) is 5.08. The molecule has 4 nitrogen and oxygen atoms in total. The van der Waals surface area contributed by atoms with E-state index in [1.54, 1.807) is 0 Å². The van der Waals surface area contributed by atoms with E-state index >= 15 is 0 Å². The van der Waals surface area contributed by atoms with E-state index in [0.717, 1.165) is 25.7 Å². The number of rotatable bonds is 6. The Balaban J connectivity index is 2.29. The van der Waals surface area contributed by atoms with Crippen LogP contribution in [-0.2, 0) is 9.53 Å². The molecule has 0 bridgehead atoms. The van der Waals surface area contributed by atoms with Crippen molar-refractivity contribution < 1.29 is 14.6 Å². The van der Waals surface area contributed by atoms with Gasteiger partial charge < -0.3 is 15.2 Å². The van der Waals surface area contributed by atoms with Crippen LogP contribution in [0.5, 0.6) is 0 Å². The van der Waals surface area contributed by atoms with Crippen LogP contribution in [0.15, 0.2) is 0 Å². The van der Waals surface area contributed by atoms with Crippen LogP contribution in [0.2, 0.25) is 0 Å². The summed E-state index contributed by atoms with van der Waals surface area (Å²) < 4.78 is 5.47. The summed E-state index contributed by atoms with van der Waals surface area (Å²) in [5.41, 5.74) is 0. The largest absolute Gasteiger partial charge is 0.391 e. The highest BCUT2D eigenvalue weighted by Crippen LogP contribution is 2.23. The Morgan fingerprint density at radius 3 is 2.94 bits per heavy atom. The Morgan fingerprint density at radius 1 is 1.56 bits per heavy atom. The molecule has 0 aliphatic carbocycles. The highest BCUT2D eigenvalue weighted by atomic mass is 16.5. The van der Waals surface area contributed by atoms with E-state index in [2.05, 4.69) is 5.32 Å². The molecule has 0 spiro atoms. The number of carbonyl (C=O) groups excluding carboxylic acids is 1. The molecule has 1 heterocycles. The number of aliphatic hydroxyl groups excluding tert-OH is 1. The maximum absolute atomic E-state index is 11.8. The van der Waals surface area contributed by atoms with Crippen LogP contribution in [-0.4, -0.2) is 36.4 Å². The van der Waals surface area contributed by atoms with Crippen molar-refractivity contribution in [1.82, 2.24) is 5.32 Å². The first-order chi connectivity index (χ1) is 7.69. The fraction of sp³-hybridized carbons (Fsp3) is 0.917. The molecule has 1 fully saturated rings. The van der Waals surface area contributed by atoms with E-state index in [1.807, 2.05) is 13.8 Å². The van der Waals surface area contributed by atoms with Gasteiger partial charge in [-0.1, -0.05) is 20.3 Å². The third kappa shape index (κ3) is 3.76. The molecule has 0 radical (unpaired) electrons. The average Bonchev–Trinajstić information content (AvgIpc) is 2.74. The predicted molar refractivity (Wildman–Crippen MR) is 62.1 cm³/mol. The van der Waals surface area contributed by atoms with E-state index in [9.17, 15) is 9.90 Å². The van der Waals surface area contributed by atoms with E-state index < -0.39 is 6.10 Å². The number of hydrogen-bond donors (Lipinski definition) is 2. The zero-order valence-electron chi connectivity index (χ0n) is 10.2. The Bertz CT molecular complexity index is 220. The minimum atomic E-state index is -0.420. The van der Waals surface area contributed by atoms with Crippen molar-refractivity contribution in [2.75, 3.05) is 13.2 Å². The lowest BCUT2D eigenvalue weighted by atomic mass is 9.98. The molecule has 94 valence electrons. The van der Waals surface area contributed by atoms with Crippen LogP contribution in [0.4, 0.5) is 0 Å². The Kier molecular flexibility index (Phi) is 5.77. The van der Waals surface area contributed by atoms with Gasteiger partial charge in [0.05, 0.1) is 18.1 Å². The van der Waals surface area contributed by atoms with E-state index in [1.165, 1.54) is 0 Å². The first-order valence-corrected chi connectivity index (χ1v) is 6.26.